The summed E-state index contributed by atoms with van der Waals surface area (Å²) < 4.78 is 0. The van der Waals surface area contributed by atoms with Crippen molar-refractivity contribution in [2.24, 2.45) is 0 Å². The number of aromatic nitrogens is 1. The Morgan fingerprint density at radius 3 is 2.76 bits per heavy atom. The third kappa shape index (κ3) is 5.15. The molecule has 3 rings (SSSR count). The maximum Gasteiger partial charge on any atom is 0.226 e. The van der Waals surface area contributed by atoms with E-state index in [1.54, 1.807) is 11.3 Å². The van der Waals surface area contributed by atoms with Gasteiger partial charge in [0, 0.05) is 16.8 Å². The molecule has 0 aliphatic heterocycles. The molecule has 0 aliphatic rings. The van der Waals surface area contributed by atoms with Crippen LogP contribution in [0.5, 0.6) is 0 Å². The Hall–Kier alpha value is -2.17. The van der Waals surface area contributed by atoms with Crippen LogP contribution in [-0.2, 0) is 17.6 Å². The Balaban J connectivity index is 1.56. The largest absolute Gasteiger partial charge is 0.349 e. The number of rotatable bonds is 6. The van der Waals surface area contributed by atoms with Gasteiger partial charge in [-0.25, -0.2) is 4.98 Å². The first-order valence-corrected chi connectivity index (χ1v) is 9.38. The van der Waals surface area contributed by atoms with Gasteiger partial charge in [0.2, 0.25) is 5.91 Å². The van der Waals surface area contributed by atoms with E-state index in [4.69, 9.17) is 11.6 Å². The molecule has 2 aromatic carbocycles. The van der Waals surface area contributed by atoms with Gasteiger partial charge in [0.25, 0.3) is 0 Å². The molecule has 3 nitrogen and oxygen atoms in total. The second-order valence-corrected chi connectivity index (χ2v) is 7.30. The molecule has 1 unspecified atom stereocenters. The first kappa shape index (κ1) is 17.6. The summed E-state index contributed by atoms with van der Waals surface area (Å²) in [5.41, 5.74) is 3.02. The summed E-state index contributed by atoms with van der Waals surface area (Å²) in [5.74, 6) is -0.0176. The molecule has 1 amide bonds. The number of nitrogens with one attached hydrogen (secondary N) is 1. The predicted molar refractivity (Wildman–Crippen MR) is 103 cm³/mol. The van der Waals surface area contributed by atoms with Crippen LogP contribution in [0, 0.1) is 0 Å². The first-order valence-electron chi connectivity index (χ1n) is 8.12. The minimum absolute atomic E-state index is 0.0155. The Morgan fingerprint density at radius 1 is 1.20 bits per heavy atom. The van der Waals surface area contributed by atoms with Crippen LogP contribution in [0.25, 0.3) is 0 Å². The van der Waals surface area contributed by atoms with Crippen molar-refractivity contribution < 1.29 is 4.79 Å². The summed E-state index contributed by atoms with van der Waals surface area (Å²) in [6.07, 6.45) is 1.02. The van der Waals surface area contributed by atoms with Crippen molar-refractivity contribution in [3.05, 3.63) is 86.8 Å². The predicted octanol–water partition coefficient (Wildman–Crippen LogP) is 4.81. The third-order valence-corrected chi connectivity index (χ3v) is 5.00. The number of carbonyl (C=O) groups excluding carboxylic acids is 1. The quantitative estimate of drug-likeness (QED) is 0.676. The normalized spacial score (nSPS) is 11.9. The highest BCUT2D eigenvalue weighted by Gasteiger charge is 2.12. The van der Waals surface area contributed by atoms with Gasteiger partial charge in [-0.2, -0.15) is 0 Å². The van der Waals surface area contributed by atoms with Gasteiger partial charge in [-0.1, -0.05) is 54.1 Å². The van der Waals surface area contributed by atoms with Crippen molar-refractivity contribution >= 4 is 28.8 Å². The van der Waals surface area contributed by atoms with E-state index in [2.05, 4.69) is 10.3 Å². The third-order valence-electron chi connectivity index (χ3n) is 3.86. The van der Waals surface area contributed by atoms with Crippen LogP contribution in [0.4, 0.5) is 0 Å². The minimum Gasteiger partial charge on any atom is -0.349 e. The second kappa shape index (κ2) is 8.28. The lowest BCUT2D eigenvalue weighted by Crippen LogP contribution is -2.28. The van der Waals surface area contributed by atoms with Gasteiger partial charge in [-0.15, -0.1) is 11.3 Å². The second-order valence-electron chi connectivity index (χ2n) is 5.92. The van der Waals surface area contributed by atoms with E-state index in [1.165, 1.54) is 0 Å². The van der Waals surface area contributed by atoms with Gasteiger partial charge in [0.15, 0.2) is 0 Å². The lowest BCUT2D eigenvalue weighted by molar-refractivity contribution is -0.121. The van der Waals surface area contributed by atoms with Crippen LogP contribution in [0.2, 0.25) is 5.02 Å². The molecule has 0 saturated carbocycles. The maximum atomic E-state index is 12.2. The molecule has 25 heavy (non-hydrogen) atoms. The number of thiazole rings is 1. The smallest absolute Gasteiger partial charge is 0.226 e. The highest BCUT2D eigenvalue weighted by Crippen LogP contribution is 2.18. The molecule has 0 aliphatic carbocycles. The zero-order valence-corrected chi connectivity index (χ0v) is 15.5. The number of carbonyl (C=O) groups is 1. The van der Waals surface area contributed by atoms with E-state index in [1.807, 2.05) is 66.9 Å². The number of hydrogen-bond acceptors (Lipinski definition) is 3. The molecule has 1 N–H and O–H groups in total. The van der Waals surface area contributed by atoms with Crippen molar-refractivity contribution in [2.75, 3.05) is 0 Å². The van der Waals surface area contributed by atoms with E-state index in [-0.39, 0.29) is 11.9 Å². The van der Waals surface area contributed by atoms with Crippen LogP contribution in [0.3, 0.4) is 0 Å². The fourth-order valence-electron chi connectivity index (χ4n) is 2.61. The van der Waals surface area contributed by atoms with E-state index in [0.717, 1.165) is 33.3 Å². The molecule has 128 valence electrons. The maximum absolute atomic E-state index is 12.2. The summed E-state index contributed by atoms with van der Waals surface area (Å²) in [5, 5.41) is 6.68. The van der Waals surface area contributed by atoms with Crippen molar-refractivity contribution in [1.82, 2.24) is 10.3 Å². The van der Waals surface area contributed by atoms with Gasteiger partial charge in [-0.3, -0.25) is 4.79 Å². The Morgan fingerprint density at radius 2 is 2.00 bits per heavy atom. The van der Waals surface area contributed by atoms with Crippen LogP contribution in [0.1, 0.15) is 34.8 Å². The minimum atomic E-state index is -0.0176. The zero-order valence-electron chi connectivity index (χ0n) is 13.9. The molecule has 0 radical (unpaired) electrons. The number of halogens is 1. The molecule has 0 spiro atoms. The lowest BCUT2D eigenvalue weighted by Gasteiger charge is -2.13. The standard InChI is InChI=1S/C20H19ClN2OS/c1-14(16-7-3-2-4-8-16)22-19(24)12-18-13-25-20(23-18)11-15-6-5-9-17(21)10-15/h2-10,13-14H,11-12H2,1H3,(H,22,24). The molecule has 0 saturated heterocycles. The van der Waals surface area contributed by atoms with Gasteiger partial charge in [-0.05, 0) is 30.2 Å². The lowest BCUT2D eigenvalue weighted by atomic mass is 10.1. The summed E-state index contributed by atoms with van der Waals surface area (Å²) >= 11 is 7.59. The van der Waals surface area contributed by atoms with E-state index < -0.39 is 0 Å². The Labute approximate surface area is 156 Å². The molecular formula is C20H19ClN2OS. The molecule has 1 heterocycles. The van der Waals surface area contributed by atoms with E-state index >= 15 is 0 Å². The SMILES string of the molecule is CC(NC(=O)Cc1csc(Cc2cccc(Cl)c2)n1)c1ccccc1. The van der Waals surface area contributed by atoms with E-state index in [0.29, 0.717) is 6.42 Å². The zero-order chi connectivity index (χ0) is 17.6. The summed E-state index contributed by atoms with van der Waals surface area (Å²) in [6, 6.07) is 17.7. The fraction of sp³-hybridized carbons (Fsp3) is 0.200. The first-order chi connectivity index (χ1) is 12.1. The summed E-state index contributed by atoms with van der Waals surface area (Å²) in [6.45, 7) is 1.98. The molecule has 0 fully saturated rings. The van der Waals surface area contributed by atoms with Crippen LogP contribution < -0.4 is 5.32 Å². The molecule has 1 atom stereocenters. The van der Waals surface area contributed by atoms with Gasteiger partial charge < -0.3 is 5.32 Å². The summed E-state index contributed by atoms with van der Waals surface area (Å²) in [4.78, 5) is 16.8. The summed E-state index contributed by atoms with van der Waals surface area (Å²) in [7, 11) is 0. The van der Waals surface area contributed by atoms with Gasteiger partial charge in [0.1, 0.15) is 0 Å². The Kier molecular flexibility index (Phi) is 5.84. The molecular weight excluding hydrogens is 352 g/mol. The molecule has 0 bridgehead atoms. The van der Waals surface area contributed by atoms with Crippen molar-refractivity contribution in [3.63, 3.8) is 0 Å². The number of nitrogens with zero attached hydrogens (tertiary/aromatic N) is 1. The number of hydrogen-bond donors (Lipinski definition) is 1. The van der Waals surface area contributed by atoms with Crippen molar-refractivity contribution in [3.8, 4) is 0 Å². The van der Waals surface area contributed by atoms with Crippen molar-refractivity contribution in [1.29, 1.82) is 0 Å². The van der Waals surface area contributed by atoms with Crippen LogP contribution >= 0.6 is 22.9 Å². The van der Waals surface area contributed by atoms with Gasteiger partial charge >= 0.3 is 0 Å². The topological polar surface area (TPSA) is 42.0 Å². The van der Waals surface area contributed by atoms with Crippen LogP contribution in [0.15, 0.2) is 60.0 Å². The highest BCUT2D eigenvalue weighted by molar-refractivity contribution is 7.09. The average molecular weight is 371 g/mol. The van der Waals surface area contributed by atoms with Gasteiger partial charge in [0.05, 0.1) is 23.2 Å². The molecule has 1 aromatic heterocycles. The number of amides is 1. The highest BCUT2D eigenvalue weighted by atomic mass is 35.5. The average Bonchev–Trinajstić information content (AvgIpc) is 3.02. The fourth-order valence-corrected chi connectivity index (χ4v) is 3.66. The van der Waals surface area contributed by atoms with Crippen molar-refractivity contribution in [2.45, 2.75) is 25.8 Å². The van der Waals surface area contributed by atoms with Crippen LogP contribution in [-0.4, -0.2) is 10.9 Å². The monoisotopic (exact) mass is 370 g/mol. The number of benzene rings is 2. The Bertz CT molecular complexity index is 848. The van der Waals surface area contributed by atoms with E-state index in [9.17, 15) is 4.79 Å². The molecule has 3 aromatic rings. The molecule has 5 heteroatoms.